The molecule has 0 bridgehead atoms. The lowest BCUT2D eigenvalue weighted by atomic mass is 10.1. The monoisotopic (exact) mass is 255 g/mol. The van der Waals surface area contributed by atoms with Gasteiger partial charge in [-0.25, -0.2) is 0 Å². The third-order valence-corrected chi connectivity index (χ3v) is 3.21. The summed E-state index contributed by atoms with van der Waals surface area (Å²) in [5.41, 5.74) is 1.17. The van der Waals surface area contributed by atoms with E-state index in [9.17, 15) is 0 Å². The van der Waals surface area contributed by atoms with Crippen molar-refractivity contribution in [1.29, 1.82) is 0 Å². The SMILES string of the molecule is CCCC(C)Oc1ccc(C(C)NC)cc1Cl. The number of hydrogen-bond donors (Lipinski definition) is 1. The summed E-state index contributed by atoms with van der Waals surface area (Å²) in [5.74, 6) is 0.777. The van der Waals surface area contributed by atoms with Crippen LogP contribution in [0, 0.1) is 0 Å². The molecule has 1 aromatic rings. The minimum Gasteiger partial charge on any atom is -0.489 e. The first-order chi connectivity index (χ1) is 8.08. The molecule has 0 aliphatic heterocycles. The van der Waals surface area contributed by atoms with E-state index in [2.05, 4.69) is 32.2 Å². The summed E-state index contributed by atoms with van der Waals surface area (Å²) >= 11 is 6.22. The molecular formula is C14H22ClNO. The standard InChI is InChI=1S/C14H22ClNO/c1-5-6-10(2)17-14-8-7-12(9-13(14)15)11(3)16-4/h7-11,16H,5-6H2,1-4H3. The van der Waals surface area contributed by atoms with Crippen molar-refractivity contribution in [2.45, 2.75) is 45.8 Å². The van der Waals surface area contributed by atoms with Crippen molar-refractivity contribution in [2.75, 3.05) is 7.05 Å². The quantitative estimate of drug-likeness (QED) is 0.823. The van der Waals surface area contributed by atoms with Gasteiger partial charge in [-0.2, -0.15) is 0 Å². The van der Waals surface area contributed by atoms with Gasteiger partial charge in [0.05, 0.1) is 11.1 Å². The van der Waals surface area contributed by atoms with Crippen LogP contribution in [0.3, 0.4) is 0 Å². The maximum Gasteiger partial charge on any atom is 0.138 e. The molecule has 0 amide bonds. The van der Waals surface area contributed by atoms with E-state index >= 15 is 0 Å². The molecule has 2 nitrogen and oxygen atoms in total. The number of ether oxygens (including phenoxy) is 1. The fraction of sp³-hybridized carbons (Fsp3) is 0.571. The molecule has 0 saturated carbocycles. The van der Waals surface area contributed by atoms with Crippen LogP contribution in [-0.2, 0) is 0 Å². The van der Waals surface area contributed by atoms with Gasteiger partial charge in [-0.15, -0.1) is 0 Å². The molecule has 0 fully saturated rings. The van der Waals surface area contributed by atoms with Crippen LogP contribution < -0.4 is 10.1 Å². The molecule has 0 aromatic heterocycles. The summed E-state index contributed by atoms with van der Waals surface area (Å²) in [6.45, 7) is 6.33. The van der Waals surface area contributed by atoms with E-state index in [0.29, 0.717) is 11.1 Å². The molecule has 0 saturated heterocycles. The first kappa shape index (κ1) is 14.3. The lowest BCUT2D eigenvalue weighted by Crippen LogP contribution is -2.13. The van der Waals surface area contributed by atoms with Crippen LogP contribution in [0.15, 0.2) is 18.2 Å². The predicted octanol–water partition coefficient (Wildman–Crippen LogP) is 4.19. The largest absolute Gasteiger partial charge is 0.489 e. The highest BCUT2D eigenvalue weighted by Gasteiger charge is 2.09. The molecule has 17 heavy (non-hydrogen) atoms. The molecule has 0 aliphatic carbocycles. The molecular weight excluding hydrogens is 234 g/mol. The molecule has 0 spiro atoms. The molecule has 0 aliphatic rings. The van der Waals surface area contributed by atoms with Gasteiger partial charge < -0.3 is 10.1 Å². The second-order valence-electron chi connectivity index (χ2n) is 4.42. The van der Waals surface area contributed by atoms with Crippen molar-refractivity contribution in [1.82, 2.24) is 5.32 Å². The minimum atomic E-state index is 0.213. The summed E-state index contributed by atoms with van der Waals surface area (Å²) in [5, 5.41) is 3.88. The van der Waals surface area contributed by atoms with E-state index in [0.717, 1.165) is 18.6 Å². The van der Waals surface area contributed by atoms with Crippen molar-refractivity contribution in [3.05, 3.63) is 28.8 Å². The number of rotatable bonds is 6. The molecule has 96 valence electrons. The van der Waals surface area contributed by atoms with Crippen LogP contribution in [0.2, 0.25) is 5.02 Å². The second-order valence-corrected chi connectivity index (χ2v) is 4.82. The number of halogens is 1. The zero-order chi connectivity index (χ0) is 12.8. The third-order valence-electron chi connectivity index (χ3n) is 2.91. The number of nitrogens with one attached hydrogen (secondary N) is 1. The van der Waals surface area contributed by atoms with E-state index in [4.69, 9.17) is 16.3 Å². The first-order valence-corrected chi connectivity index (χ1v) is 6.59. The Bertz CT molecular complexity index is 354. The maximum absolute atomic E-state index is 6.22. The molecule has 2 atom stereocenters. The molecule has 0 heterocycles. The Balaban J connectivity index is 2.76. The normalized spacial score (nSPS) is 14.4. The Morgan fingerprint density at radius 2 is 2.06 bits per heavy atom. The zero-order valence-electron chi connectivity index (χ0n) is 11.1. The van der Waals surface area contributed by atoms with Gasteiger partial charge in [-0.05, 0) is 45.0 Å². The summed E-state index contributed by atoms with van der Waals surface area (Å²) in [7, 11) is 1.94. The van der Waals surface area contributed by atoms with Crippen molar-refractivity contribution in [2.24, 2.45) is 0 Å². The molecule has 1 aromatic carbocycles. The van der Waals surface area contributed by atoms with Crippen molar-refractivity contribution in [3.63, 3.8) is 0 Å². The van der Waals surface area contributed by atoms with E-state index < -0.39 is 0 Å². The van der Waals surface area contributed by atoms with Crippen LogP contribution in [0.4, 0.5) is 0 Å². The van der Waals surface area contributed by atoms with Crippen molar-refractivity contribution in [3.8, 4) is 5.75 Å². The van der Waals surface area contributed by atoms with Gasteiger partial charge in [0.15, 0.2) is 0 Å². The fourth-order valence-corrected chi connectivity index (χ4v) is 1.96. The lowest BCUT2D eigenvalue weighted by Gasteiger charge is -2.17. The highest BCUT2D eigenvalue weighted by Crippen LogP contribution is 2.29. The van der Waals surface area contributed by atoms with Crippen LogP contribution >= 0.6 is 11.6 Å². The van der Waals surface area contributed by atoms with Gasteiger partial charge in [0, 0.05) is 6.04 Å². The van der Waals surface area contributed by atoms with Crippen LogP contribution in [-0.4, -0.2) is 13.2 Å². The van der Waals surface area contributed by atoms with Gasteiger partial charge in [-0.3, -0.25) is 0 Å². The topological polar surface area (TPSA) is 21.3 Å². The average molecular weight is 256 g/mol. The molecule has 1 rings (SSSR count). The number of benzene rings is 1. The summed E-state index contributed by atoms with van der Waals surface area (Å²) in [4.78, 5) is 0. The zero-order valence-corrected chi connectivity index (χ0v) is 11.8. The third kappa shape index (κ3) is 4.21. The van der Waals surface area contributed by atoms with Gasteiger partial charge in [-0.1, -0.05) is 31.0 Å². The average Bonchev–Trinajstić information content (AvgIpc) is 2.31. The molecule has 0 radical (unpaired) electrons. The maximum atomic E-state index is 6.22. The highest BCUT2D eigenvalue weighted by molar-refractivity contribution is 6.32. The van der Waals surface area contributed by atoms with E-state index in [1.165, 1.54) is 5.56 Å². The summed E-state index contributed by atoms with van der Waals surface area (Å²) < 4.78 is 5.80. The Kier molecular flexibility index (Phi) is 5.79. The van der Waals surface area contributed by atoms with Gasteiger partial charge >= 0.3 is 0 Å². The lowest BCUT2D eigenvalue weighted by molar-refractivity contribution is 0.210. The Morgan fingerprint density at radius 3 is 2.59 bits per heavy atom. The van der Waals surface area contributed by atoms with Crippen molar-refractivity contribution < 1.29 is 4.74 Å². The Labute approximate surface area is 109 Å². The highest BCUT2D eigenvalue weighted by atomic mass is 35.5. The van der Waals surface area contributed by atoms with E-state index in [1.54, 1.807) is 0 Å². The van der Waals surface area contributed by atoms with Crippen LogP contribution in [0.25, 0.3) is 0 Å². The van der Waals surface area contributed by atoms with Gasteiger partial charge in [0.2, 0.25) is 0 Å². The fourth-order valence-electron chi connectivity index (χ4n) is 1.73. The summed E-state index contributed by atoms with van der Waals surface area (Å²) in [6.07, 6.45) is 2.38. The Morgan fingerprint density at radius 1 is 1.35 bits per heavy atom. The molecule has 3 heteroatoms. The second kappa shape index (κ2) is 6.87. The molecule has 2 unspecified atom stereocenters. The van der Waals surface area contributed by atoms with E-state index in [-0.39, 0.29) is 6.10 Å². The predicted molar refractivity (Wildman–Crippen MR) is 73.9 cm³/mol. The smallest absolute Gasteiger partial charge is 0.138 e. The summed E-state index contributed by atoms with van der Waals surface area (Å²) in [6, 6.07) is 6.28. The van der Waals surface area contributed by atoms with Gasteiger partial charge in [0.25, 0.3) is 0 Å². The molecule has 1 N–H and O–H groups in total. The Hall–Kier alpha value is -0.730. The van der Waals surface area contributed by atoms with Crippen LogP contribution in [0.5, 0.6) is 5.75 Å². The minimum absolute atomic E-state index is 0.213. The van der Waals surface area contributed by atoms with Gasteiger partial charge in [0.1, 0.15) is 5.75 Å². The van der Waals surface area contributed by atoms with Crippen molar-refractivity contribution >= 4 is 11.6 Å². The van der Waals surface area contributed by atoms with E-state index in [1.807, 2.05) is 19.2 Å². The van der Waals surface area contributed by atoms with Crippen LogP contribution in [0.1, 0.15) is 45.2 Å². The number of hydrogen-bond acceptors (Lipinski definition) is 2. The first-order valence-electron chi connectivity index (χ1n) is 6.21.